The summed E-state index contributed by atoms with van der Waals surface area (Å²) < 4.78 is 0. The molecule has 0 spiro atoms. The number of para-hydroxylation sites is 1. The number of benzene rings is 1. The van der Waals surface area contributed by atoms with Crippen LogP contribution in [0.25, 0.3) is 0 Å². The van der Waals surface area contributed by atoms with Crippen LogP contribution in [0.3, 0.4) is 0 Å². The first-order chi connectivity index (χ1) is 12.1. The van der Waals surface area contributed by atoms with Crippen LogP contribution in [-0.4, -0.2) is 36.3 Å². The molecule has 26 heavy (non-hydrogen) atoms. The van der Waals surface area contributed by atoms with Gasteiger partial charge in [-0.25, -0.2) is 0 Å². The standard InChI is InChI=1S/C20H31N3O2.ClH/c1-4-15(3)20(25)23-12-8-10-17(14-23)19(24)22-18-11-7-6-9-16(18)13-21-5-2;/h6-7,9,11,15,17,21H,4-5,8,10,12-14H2,1-3H3,(H,22,24);1H. The molecule has 1 aliphatic heterocycles. The lowest BCUT2D eigenvalue weighted by Gasteiger charge is -2.33. The Balaban J connectivity index is 0.00000338. The normalized spacial score (nSPS) is 18.0. The summed E-state index contributed by atoms with van der Waals surface area (Å²) in [7, 11) is 0. The Morgan fingerprint density at radius 3 is 2.69 bits per heavy atom. The van der Waals surface area contributed by atoms with Crippen LogP contribution in [0.15, 0.2) is 24.3 Å². The maximum atomic E-state index is 12.7. The minimum atomic E-state index is -0.131. The Kier molecular flexibility index (Phi) is 9.66. The number of anilines is 1. The fraction of sp³-hybridized carbons (Fsp3) is 0.600. The Labute approximate surface area is 163 Å². The number of piperidine rings is 1. The highest BCUT2D eigenvalue weighted by atomic mass is 35.5. The largest absolute Gasteiger partial charge is 0.342 e. The molecule has 1 aromatic carbocycles. The summed E-state index contributed by atoms with van der Waals surface area (Å²) in [5, 5.41) is 6.37. The lowest BCUT2D eigenvalue weighted by Crippen LogP contribution is -2.45. The number of rotatable bonds is 7. The van der Waals surface area contributed by atoms with E-state index in [4.69, 9.17) is 0 Å². The molecule has 1 saturated heterocycles. The second kappa shape index (κ2) is 11.2. The fourth-order valence-electron chi connectivity index (χ4n) is 3.17. The zero-order chi connectivity index (χ0) is 18.2. The number of nitrogens with one attached hydrogen (secondary N) is 2. The summed E-state index contributed by atoms with van der Waals surface area (Å²) in [4.78, 5) is 27.0. The van der Waals surface area contributed by atoms with Crippen molar-refractivity contribution in [1.29, 1.82) is 0 Å². The lowest BCUT2D eigenvalue weighted by molar-refractivity contribution is -0.138. The molecule has 5 nitrogen and oxygen atoms in total. The molecule has 0 aliphatic carbocycles. The highest BCUT2D eigenvalue weighted by Crippen LogP contribution is 2.22. The van der Waals surface area contributed by atoms with E-state index in [0.29, 0.717) is 6.54 Å². The first-order valence-corrected chi connectivity index (χ1v) is 9.45. The molecule has 2 atom stereocenters. The fourth-order valence-corrected chi connectivity index (χ4v) is 3.17. The molecule has 0 aromatic heterocycles. The van der Waals surface area contributed by atoms with Crippen molar-refractivity contribution in [3.63, 3.8) is 0 Å². The zero-order valence-electron chi connectivity index (χ0n) is 16.1. The van der Waals surface area contributed by atoms with Crippen molar-refractivity contribution in [1.82, 2.24) is 10.2 Å². The molecule has 1 aliphatic rings. The predicted octanol–water partition coefficient (Wildman–Crippen LogP) is 3.44. The topological polar surface area (TPSA) is 61.4 Å². The number of halogens is 1. The van der Waals surface area contributed by atoms with Gasteiger partial charge in [0.1, 0.15) is 0 Å². The second-order valence-corrected chi connectivity index (χ2v) is 6.86. The quantitative estimate of drug-likeness (QED) is 0.760. The molecule has 2 rings (SSSR count). The van der Waals surface area contributed by atoms with E-state index >= 15 is 0 Å². The van der Waals surface area contributed by atoms with Gasteiger partial charge in [0.05, 0.1) is 5.92 Å². The van der Waals surface area contributed by atoms with Crippen molar-refractivity contribution in [3.8, 4) is 0 Å². The van der Waals surface area contributed by atoms with Crippen LogP contribution >= 0.6 is 12.4 Å². The van der Waals surface area contributed by atoms with E-state index in [2.05, 4.69) is 17.6 Å². The van der Waals surface area contributed by atoms with Gasteiger partial charge in [-0.15, -0.1) is 12.4 Å². The Morgan fingerprint density at radius 2 is 2.00 bits per heavy atom. The van der Waals surface area contributed by atoms with Gasteiger partial charge in [-0.05, 0) is 37.4 Å². The highest BCUT2D eigenvalue weighted by molar-refractivity contribution is 5.94. The van der Waals surface area contributed by atoms with Gasteiger partial charge in [-0.3, -0.25) is 9.59 Å². The molecule has 0 saturated carbocycles. The molecule has 0 bridgehead atoms. The molecule has 2 amide bonds. The third-order valence-corrected chi connectivity index (χ3v) is 4.98. The molecule has 6 heteroatoms. The molecular weight excluding hydrogens is 350 g/mol. The Hall–Kier alpha value is -1.59. The number of nitrogens with zero attached hydrogens (tertiary/aromatic N) is 1. The van der Waals surface area contributed by atoms with Gasteiger partial charge >= 0.3 is 0 Å². The van der Waals surface area contributed by atoms with Crippen LogP contribution in [0.5, 0.6) is 0 Å². The number of hydrogen-bond acceptors (Lipinski definition) is 3. The van der Waals surface area contributed by atoms with Crippen molar-refractivity contribution in [3.05, 3.63) is 29.8 Å². The monoisotopic (exact) mass is 381 g/mol. The Bertz CT molecular complexity index is 594. The van der Waals surface area contributed by atoms with Gasteiger partial charge in [0.2, 0.25) is 11.8 Å². The SMILES string of the molecule is CCNCc1ccccc1NC(=O)C1CCCN(C(=O)C(C)CC)C1.Cl. The van der Waals surface area contributed by atoms with Crippen LogP contribution in [0.1, 0.15) is 45.6 Å². The van der Waals surface area contributed by atoms with Crippen LogP contribution < -0.4 is 10.6 Å². The van der Waals surface area contributed by atoms with Gasteiger partial charge in [0.15, 0.2) is 0 Å². The first-order valence-electron chi connectivity index (χ1n) is 9.45. The van der Waals surface area contributed by atoms with E-state index in [9.17, 15) is 9.59 Å². The number of likely N-dealkylation sites (tertiary alicyclic amines) is 1. The van der Waals surface area contributed by atoms with E-state index in [0.717, 1.165) is 50.1 Å². The number of carbonyl (C=O) groups is 2. The minimum Gasteiger partial charge on any atom is -0.342 e. The molecule has 2 unspecified atom stereocenters. The van der Waals surface area contributed by atoms with Gasteiger partial charge in [-0.2, -0.15) is 0 Å². The third-order valence-electron chi connectivity index (χ3n) is 4.98. The van der Waals surface area contributed by atoms with Crippen LogP contribution in [0, 0.1) is 11.8 Å². The lowest BCUT2D eigenvalue weighted by atomic mass is 9.95. The molecule has 1 heterocycles. The summed E-state index contributed by atoms with van der Waals surface area (Å²) in [5.41, 5.74) is 1.94. The van der Waals surface area contributed by atoms with Gasteiger partial charge in [0, 0.05) is 31.2 Å². The van der Waals surface area contributed by atoms with Crippen molar-refractivity contribution < 1.29 is 9.59 Å². The summed E-state index contributed by atoms with van der Waals surface area (Å²) in [6, 6.07) is 7.88. The van der Waals surface area contributed by atoms with Crippen LogP contribution in [0.4, 0.5) is 5.69 Å². The van der Waals surface area contributed by atoms with Gasteiger partial charge in [-0.1, -0.05) is 39.0 Å². The summed E-state index contributed by atoms with van der Waals surface area (Å²) in [6.07, 6.45) is 2.56. The minimum absolute atomic E-state index is 0. The number of hydrogen-bond donors (Lipinski definition) is 2. The van der Waals surface area contributed by atoms with Crippen LogP contribution in [0.2, 0.25) is 0 Å². The molecule has 146 valence electrons. The summed E-state index contributed by atoms with van der Waals surface area (Å²) >= 11 is 0. The van der Waals surface area contributed by atoms with Gasteiger partial charge < -0.3 is 15.5 Å². The molecule has 1 aromatic rings. The van der Waals surface area contributed by atoms with Crippen molar-refractivity contribution in [2.45, 2.75) is 46.6 Å². The molecule has 0 radical (unpaired) electrons. The predicted molar refractivity (Wildman–Crippen MR) is 108 cm³/mol. The average molecular weight is 382 g/mol. The maximum absolute atomic E-state index is 12.7. The third kappa shape index (κ3) is 5.99. The van der Waals surface area contributed by atoms with E-state index in [1.54, 1.807) is 0 Å². The molecule has 2 N–H and O–H groups in total. The smallest absolute Gasteiger partial charge is 0.229 e. The maximum Gasteiger partial charge on any atom is 0.229 e. The second-order valence-electron chi connectivity index (χ2n) is 6.86. The van der Waals surface area contributed by atoms with E-state index in [-0.39, 0.29) is 36.1 Å². The van der Waals surface area contributed by atoms with Crippen LogP contribution in [-0.2, 0) is 16.1 Å². The molecule has 1 fully saturated rings. The average Bonchev–Trinajstić information content (AvgIpc) is 2.66. The van der Waals surface area contributed by atoms with Crippen molar-refractivity contribution >= 4 is 29.9 Å². The van der Waals surface area contributed by atoms with Crippen molar-refractivity contribution in [2.24, 2.45) is 11.8 Å². The Morgan fingerprint density at radius 1 is 1.27 bits per heavy atom. The van der Waals surface area contributed by atoms with E-state index in [1.165, 1.54) is 0 Å². The van der Waals surface area contributed by atoms with Crippen molar-refractivity contribution in [2.75, 3.05) is 25.0 Å². The summed E-state index contributed by atoms with van der Waals surface area (Å²) in [5.74, 6) is 0.0924. The van der Waals surface area contributed by atoms with E-state index in [1.807, 2.05) is 43.0 Å². The summed E-state index contributed by atoms with van der Waals surface area (Å²) in [6.45, 7) is 8.97. The zero-order valence-corrected chi connectivity index (χ0v) is 16.9. The van der Waals surface area contributed by atoms with Gasteiger partial charge in [0.25, 0.3) is 0 Å². The highest BCUT2D eigenvalue weighted by Gasteiger charge is 2.30. The first kappa shape index (κ1) is 22.5. The number of carbonyl (C=O) groups excluding carboxylic acids is 2. The number of amides is 2. The van der Waals surface area contributed by atoms with E-state index < -0.39 is 0 Å². The molecular formula is C20H32ClN3O2.